The highest BCUT2D eigenvalue weighted by molar-refractivity contribution is 9.10. The van der Waals surface area contributed by atoms with Crippen molar-refractivity contribution in [3.63, 3.8) is 0 Å². The summed E-state index contributed by atoms with van der Waals surface area (Å²) in [4.78, 5) is 4.21. The Morgan fingerprint density at radius 1 is 1.43 bits per heavy atom. The molecule has 0 aliphatic heterocycles. The van der Waals surface area contributed by atoms with Gasteiger partial charge in [0.2, 0.25) is 0 Å². The molecule has 1 aromatic rings. The van der Waals surface area contributed by atoms with Crippen LogP contribution in [-0.2, 0) is 0 Å². The number of halogens is 1. The Morgan fingerprint density at radius 2 is 2.14 bits per heavy atom. The van der Waals surface area contributed by atoms with E-state index >= 15 is 0 Å². The first kappa shape index (κ1) is 10.1. The Hall–Kier alpha value is -0.410. The van der Waals surface area contributed by atoms with E-state index in [1.165, 1.54) is 25.7 Å². The summed E-state index contributed by atoms with van der Waals surface area (Å²) in [5.74, 6) is 0.649. The molecule has 1 atom stereocenters. The Morgan fingerprint density at radius 3 is 2.79 bits per heavy atom. The lowest BCUT2D eigenvalue weighted by molar-refractivity contribution is 0.442. The number of rotatable bonds is 2. The van der Waals surface area contributed by atoms with Crippen LogP contribution in [0.1, 0.15) is 37.3 Å². The van der Waals surface area contributed by atoms with Crippen LogP contribution in [0, 0.1) is 5.92 Å². The molecule has 0 bridgehead atoms. The van der Waals surface area contributed by atoms with Crippen molar-refractivity contribution in [1.82, 2.24) is 4.98 Å². The van der Waals surface area contributed by atoms with Crippen molar-refractivity contribution >= 4 is 15.9 Å². The Labute approximate surface area is 93.0 Å². The lowest BCUT2D eigenvalue weighted by atomic mass is 9.94. The van der Waals surface area contributed by atoms with Crippen LogP contribution in [0.25, 0.3) is 0 Å². The topological polar surface area (TPSA) is 38.9 Å². The van der Waals surface area contributed by atoms with Crippen molar-refractivity contribution < 1.29 is 0 Å². The SMILES string of the molecule is NC(c1cccnc1Br)C1CCCC1. The third-order valence-corrected chi connectivity index (χ3v) is 3.72. The van der Waals surface area contributed by atoms with Crippen LogP contribution >= 0.6 is 15.9 Å². The van der Waals surface area contributed by atoms with E-state index in [1.54, 1.807) is 6.20 Å². The molecule has 76 valence electrons. The zero-order valence-corrected chi connectivity index (χ0v) is 9.70. The molecule has 3 heteroatoms. The minimum atomic E-state index is 0.153. The third kappa shape index (κ3) is 1.98. The van der Waals surface area contributed by atoms with E-state index in [9.17, 15) is 0 Å². The van der Waals surface area contributed by atoms with Gasteiger partial charge in [-0.15, -0.1) is 0 Å². The van der Waals surface area contributed by atoms with Crippen LogP contribution in [-0.4, -0.2) is 4.98 Å². The van der Waals surface area contributed by atoms with E-state index in [0.717, 1.165) is 10.2 Å². The molecule has 1 fully saturated rings. The fraction of sp³-hybridized carbons (Fsp3) is 0.545. The van der Waals surface area contributed by atoms with E-state index in [4.69, 9.17) is 5.73 Å². The smallest absolute Gasteiger partial charge is 0.110 e. The van der Waals surface area contributed by atoms with Crippen LogP contribution in [0.3, 0.4) is 0 Å². The van der Waals surface area contributed by atoms with E-state index in [2.05, 4.69) is 27.0 Å². The summed E-state index contributed by atoms with van der Waals surface area (Å²) < 4.78 is 0.902. The molecule has 1 saturated carbocycles. The van der Waals surface area contributed by atoms with Gasteiger partial charge in [0.05, 0.1) is 0 Å². The zero-order chi connectivity index (χ0) is 9.97. The second-order valence-electron chi connectivity index (χ2n) is 3.95. The first-order valence-electron chi connectivity index (χ1n) is 5.15. The largest absolute Gasteiger partial charge is 0.324 e. The number of nitrogens with two attached hydrogens (primary N) is 1. The van der Waals surface area contributed by atoms with E-state index in [1.807, 2.05) is 6.07 Å². The average molecular weight is 255 g/mol. The van der Waals surface area contributed by atoms with Gasteiger partial charge < -0.3 is 5.73 Å². The van der Waals surface area contributed by atoms with E-state index < -0.39 is 0 Å². The van der Waals surface area contributed by atoms with Gasteiger partial charge in [0.15, 0.2) is 0 Å². The van der Waals surface area contributed by atoms with Crippen molar-refractivity contribution in [3.8, 4) is 0 Å². The van der Waals surface area contributed by atoms with Crippen LogP contribution in [0.15, 0.2) is 22.9 Å². The molecule has 0 saturated heterocycles. The van der Waals surface area contributed by atoms with Gasteiger partial charge in [-0.25, -0.2) is 4.98 Å². The van der Waals surface area contributed by atoms with Crippen LogP contribution < -0.4 is 5.73 Å². The Bertz CT molecular complexity index is 308. The number of hydrogen-bond donors (Lipinski definition) is 1. The first-order valence-corrected chi connectivity index (χ1v) is 5.94. The molecule has 1 aromatic heterocycles. The van der Waals surface area contributed by atoms with Gasteiger partial charge in [0.25, 0.3) is 0 Å². The van der Waals surface area contributed by atoms with Gasteiger partial charge in [-0.2, -0.15) is 0 Å². The van der Waals surface area contributed by atoms with Crippen molar-refractivity contribution in [2.75, 3.05) is 0 Å². The number of pyridine rings is 1. The number of nitrogens with zero attached hydrogens (tertiary/aromatic N) is 1. The monoisotopic (exact) mass is 254 g/mol. The summed E-state index contributed by atoms with van der Waals surface area (Å²) in [6, 6.07) is 4.18. The summed E-state index contributed by atoms with van der Waals surface area (Å²) in [6.45, 7) is 0. The summed E-state index contributed by atoms with van der Waals surface area (Å²) in [7, 11) is 0. The molecule has 0 radical (unpaired) electrons. The summed E-state index contributed by atoms with van der Waals surface area (Å²) in [6.07, 6.45) is 6.98. The minimum absolute atomic E-state index is 0.153. The predicted octanol–water partition coefficient (Wildman–Crippen LogP) is 3.03. The molecular formula is C11H15BrN2. The molecule has 0 spiro atoms. The summed E-state index contributed by atoms with van der Waals surface area (Å²) in [5.41, 5.74) is 7.38. The molecule has 2 N–H and O–H groups in total. The van der Waals surface area contributed by atoms with Gasteiger partial charge in [0.1, 0.15) is 4.60 Å². The fourth-order valence-electron chi connectivity index (χ4n) is 2.22. The molecule has 2 nitrogen and oxygen atoms in total. The highest BCUT2D eigenvalue weighted by atomic mass is 79.9. The third-order valence-electron chi connectivity index (χ3n) is 3.05. The second-order valence-corrected chi connectivity index (χ2v) is 4.70. The van der Waals surface area contributed by atoms with Crippen LogP contribution in [0.4, 0.5) is 0 Å². The Kier molecular flexibility index (Phi) is 3.19. The maximum atomic E-state index is 6.23. The first-order chi connectivity index (χ1) is 6.79. The Balaban J connectivity index is 2.17. The van der Waals surface area contributed by atoms with E-state index in [0.29, 0.717) is 5.92 Å². The predicted molar refractivity (Wildman–Crippen MR) is 60.8 cm³/mol. The highest BCUT2D eigenvalue weighted by Gasteiger charge is 2.24. The highest BCUT2D eigenvalue weighted by Crippen LogP contribution is 2.35. The fourth-order valence-corrected chi connectivity index (χ4v) is 2.73. The molecule has 14 heavy (non-hydrogen) atoms. The van der Waals surface area contributed by atoms with Crippen LogP contribution in [0.5, 0.6) is 0 Å². The lowest BCUT2D eigenvalue weighted by Gasteiger charge is -2.19. The van der Waals surface area contributed by atoms with Gasteiger partial charge in [-0.05, 0) is 40.8 Å². The minimum Gasteiger partial charge on any atom is -0.324 e. The van der Waals surface area contributed by atoms with Crippen molar-refractivity contribution in [3.05, 3.63) is 28.5 Å². The quantitative estimate of drug-likeness (QED) is 0.825. The molecule has 0 amide bonds. The molecule has 0 aromatic carbocycles. The van der Waals surface area contributed by atoms with E-state index in [-0.39, 0.29) is 6.04 Å². The lowest BCUT2D eigenvalue weighted by Crippen LogP contribution is -2.19. The molecule has 1 heterocycles. The van der Waals surface area contributed by atoms with Crippen LogP contribution in [0.2, 0.25) is 0 Å². The van der Waals surface area contributed by atoms with Gasteiger partial charge in [-0.1, -0.05) is 18.9 Å². The molecule has 1 aliphatic rings. The summed E-state index contributed by atoms with van der Waals surface area (Å²) in [5, 5.41) is 0. The number of aromatic nitrogens is 1. The maximum absolute atomic E-state index is 6.23. The summed E-state index contributed by atoms with van der Waals surface area (Å²) >= 11 is 3.45. The van der Waals surface area contributed by atoms with Crippen molar-refractivity contribution in [2.45, 2.75) is 31.7 Å². The maximum Gasteiger partial charge on any atom is 0.110 e. The normalized spacial score (nSPS) is 19.9. The van der Waals surface area contributed by atoms with Crippen molar-refractivity contribution in [1.29, 1.82) is 0 Å². The molecular weight excluding hydrogens is 240 g/mol. The molecule has 1 aliphatic carbocycles. The standard InChI is InChI=1S/C11H15BrN2/c12-11-9(6-3-7-14-11)10(13)8-4-1-2-5-8/h3,6-8,10H,1-2,4-5,13H2. The van der Waals surface area contributed by atoms with Crippen molar-refractivity contribution in [2.24, 2.45) is 11.7 Å². The average Bonchev–Trinajstić information content (AvgIpc) is 2.70. The molecule has 2 rings (SSSR count). The van der Waals surface area contributed by atoms with Gasteiger partial charge >= 0.3 is 0 Å². The zero-order valence-electron chi connectivity index (χ0n) is 8.12. The number of hydrogen-bond acceptors (Lipinski definition) is 2. The van der Waals surface area contributed by atoms with Gasteiger partial charge in [0, 0.05) is 17.8 Å². The second kappa shape index (κ2) is 4.41. The van der Waals surface area contributed by atoms with Gasteiger partial charge in [-0.3, -0.25) is 0 Å². The molecule has 1 unspecified atom stereocenters.